The monoisotopic (exact) mass is 67.1 g/mol. The molecule has 0 atom stereocenters. The van der Waals surface area contributed by atoms with Crippen LogP contribution < -0.4 is 0 Å². The lowest BCUT2D eigenvalue weighted by molar-refractivity contribution is 0.281. The molecule has 0 amide bonds. The van der Waals surface area contributed by atoms with Crippen molar-refractivity contribution in [3.8, 4) is 0 Å². The van der Waals surface area contributed by atoms with Crippen LogP contribution in [0.25, 0.3) is 0 Å². The average Bonchev–Trinajstić information content (AvgIpc) is 0.592. The summed E-state index contributed by atoms with van der Waals surface area (Å²) in [5.74, 6) is 0. The van der Waals surface area contributed by atoms with E-state index in [0.717, 1.165) is 6.71 Å². The number of hydrogen-bond donors (Lipinski definition) is 0. The van der Waals surface area contributed by atoms with Crippen molar-refractivity contribution in [3.05, 3.63) is 0 Å². The van der Waals surface area contributed by atoms with E-state index in [0.29, 0.717) is 0 Å². The molecular weight excluding hydrogens is 60.9 g/mol. The fourth-order valence-electron chi connectivity index (χ4n) is 0.935. The standard InChI is InChI=1S/C3H6BN/c1-4-2-5(1)3-4/h1-3H2. The van der Waals surface area contributed by atoms with E-state index in [2.05, 4.69) is 4.90 Å². The normalized spacial score (nSPS) is 32.4. The molecule has 0 aromatic carbocycles. The van der Waals surface area contributed by atoms with Gasteiger partial charge in [-0.05, 0) is 19.3 Å². The molecule has 2 heteroatoms. The molecule has 0 saturated carbocycles. The Kier molecular flexibility index (Phi) is 0.203. The molecule has 5 heavy (non-hydrogen) atoms. The molecule has 3 aliphatic rings. The Morgan fingerprint density at radius 2 is 1.40 bits per heavy atom. The van der Waals surface area contributed by atoms with Crippen molar-refractivity contribution < 1.29 is 0 Å². The van der Waals surface area contributed by atoms with Crippen LogP contribution in [0.15, 0.2) is 0 Å². The van der Waals surface area contributed by atoms with Crippen LogP contribution in [0, 0.1) is 0 Å². The first-order valence-electron chi connectivity index (χ1n) is 2.17. The summed E-state index contributed by atoms with van der Waals surface area (Å²) >= 11 is 0. The summed E-state index contributed by atoms with van der Waals surface area (Å²) in [7, 11) is 0. The van der Waals surface area contributed by atoms with Crippen LogP contribution in [0.4, 0.5) is 0 Å². The van der Waals surface area contributed by atoms with Gasteiger partial charge in [-0.25, -0.2) is 0 Å². The van der Waals surface area contributed by atoms with Crippen LogP contribution in [0.2, 0.25) is 0 Å². The van der Waals surface area contributed by atoms with Gasteiger partial charge < -0.3 is 4.90 Å². The first-order valence-corrected chi connectivity index (χ1v) is 2.17. The Morgan fingerprint density at radius 1 is 1.20 bits per heavy atom. The third-order valence-electron chi connectivity index (χ3n) is 1.55. The third kappa shape index (κ3) is 0.114. The topological polar surface area (TPSA) is 3.24 Å². The molecule has 3 rings (SSSR count). The van der Waals surface area contributed by atoms with Gasteiger partial charge in [0.05, 0.1) is 0 Å². The fourth-order valence-corrected chi connectivity index (χ4v) is 0.935. The smallest absolute Gasteiger partial charge is 0.187 e. The van der Waals surface area contributed by atoms with Gasteiger partial charge in [0.25, 0.3) is 0 Å². The first-order chi connectivity index (χ1) is 2.45. The third-order valence-corrected chi connectivity index (χ3v) is 1.55. The van der Waals surface area contributed by atoms with Crippen molar-refractivity contribution in [1.29, 1.82) is 0 Å². The van der Waals surface area contributed by atoms with E-state index in [4.69, 9.17) is 0 Å². The van der Waals surface area contributed by atoms with E-state index >= 15 is 0 Å². The van der Waals surface area contributed by atoms with Crippen LogP contribution in [-0.4, -0.2) is 30.9 Å². The molecule has 2 bridgehead atoms. The van der Waals surface area contributed by atoms with Crippen LogP contribution in [0.3, 0.4) is 0 Å². The summed E-state index contributed by atoms with van der Waals surface area (Å²) in [6, 6.07) is 0. The quantitative estimate of drug-likeness (QED) is 0.343. The summed E-state index contributed by atoms with van der Waals surface area (Å²) in [6.45, 7) is 1.13. The number of rotatable bonds is 0. The molecule has 3 aliphatic heterocycles. The molecule has 0 radical (unpaired) electrons. The fraction of sp³-hybridized carbons (Fsp3) is 1.00. The highest BCUT2D eigenvalue weighted by Gasteiger charge is 2.42. The number of hydrogen-bond acceptors (Lipinski definition) is 1. The average molecular weight is 66.9 g/mol. The minimum absolute atomic E-state index is 1.13. The summed E-state index contributed by atoms with van der Waals surface area (Å²) < 4.78 is 0. The molecule has 0 aromatic heterocycles. The summed E-state index contributed by atoms with van der Waals surface area (Å²) in [6.07, 6.45) is 4.25. The van der Waals surface area contributed by atoms with Crippen molar-refractivity contribution in [2.45, 2.75) is 0 Å². The second kappa shape index (κ2) is 0.452. The lowest BCUT2D eigenvalue weighted by Crippen LogP contribution is -2.73. The van der Waals surface area contributed by atoms with E-state index in [9.17, 15) is 0 Å². The summed E-state index contributed by atoms with van der Waals surface area (Å²) in [5.41, 5.74) is 0. The van der Waals surface area contributed by atoms with E-state index in [1.165, 1.54) is 19.3 Å². The maximum Gasteiger partial charge on any atom is 0.187 e. The zero-order valence-electron chi connectivity index (χ0n) is 3.15. The Bertz CT molecular complexity index is 43.6. The molecule has 0 unspecified atom stereocenters. The van der Waals surface area contributed by atoms with Gasteiger partial charge in [0.2, 0.25) is 0 Å². The van der Waals surface area contributed by atoms with Gasteiger partial charge in [-0.15, -0.1) is 0 Å². The van der Waals surface area contributed by atoms with Gasteiger partial charge in [0.1, 0.15) is 0 Å². The highest BCUT2D eigenvalue weighted by molar-refractivity contribution is 6.67. The second-order valence-electron chi connectivity index (χ2n) is 2.08. The SMILES string of the molecule is C1B2CN1C2. The van der Waals surface area contributed by atoms with Crippen molar-refractivity contribution in [2.75, 3.05) is 19.3 Å². The van der Waals surface area contributed by atoms with Crippen LogP contribution in [0.1, 0.15) is 0 Å². The molecule has 0 aromatic rings. The summed E-state index contributed by atoms with van der Waals surface area (Å²) in [5, 5.41) is 0. The van der Waals surface area contributed by atoms with Gasteiger partial charge in [0, 0.05) is 0 Å². The molecule has 0 spiro atoms. The van der Waals surface area contributed by atoms with Crippen molar-refractivity contribution in [2.24, 2.45) is 0 Å². The highest BCUT2D eigenvalue weighted by atomic mass is 15.2. The van der Waals surface area contributed by atoms with Gasteiger partial charge in [-0.3, -0.25) is 0 Å². The van der Waals surface area contributed by atoms with E-state index in [1.807, 2.05) is 0 Å². The van der Waals surface area contributed by atoms with Gasteiger partial charge >= 0.3 is 0 Å². The molecule has 26 valence electrons. The lowest BCUT2D eigenvalue weighted by Gasteiger charge is -2.51. The predicted molar refractivity (Wildman–Crippen MR) is 22.2 cm³/mol. The maximum absolute atomic E-state index is 2.45. The second-order valence-corrected chi connectivity index (χ2v) is 2.08. The Hall–Kier alpha value is 0.0249. The Labute approximate surface area is 32.0 Å². The minimum atomic E-state index is 1.13. The van der Waals surface area contributed by atoms with E-state index in [1.54, 1.807) is 0 Å². The molecule has 3 heterocycles. The molecule has 0 N–H and O–H groups in total. The van der Waals surface area contributed by atoms with Crippen molar-refractivity contribution in [3.63, 3.8) is 0 Å². The van der Waals surface area contributed by atoms with E-state index in [-0.39, 0.29) is 0 Å². The lowest BCUT2D eigenvalue weighted by atomic mass is 9.34. The molecule has 3 fully saturated rings. The van der Waals surface area contributed by atoms with Crippen LogP contribution in [0.5, 0.6) is 0 Å². The molecule has 1 nitrogen and oxygen atoms in total. The zero-order chi connectivity index (χ0) is 3.28. The summed E-state index contributed by atoms with van der Waals surface area (Å²) in [4.78, 5) is 2.45. The highest BCUT2D eigenvalue weighted by Crippen LogP contribution is 2.18. The van der Waals surface area contributed by atoms with Crippen molar-refractivity contribution >= 4 is 6.71 Å². The maximum atomic E-state index is 2.45. The molecule has 3 saturated heterocycles. The Balaban J connectivity index is 2.19. The predicted octanol–water partition coefficient (Wildman–Crippen LogP) is -0.572. The van der Waals surface area contributed by atoms with Gasteiger partial charge in [-0.1, -0.05) is 0 Å². The number of nitrogens with zero attached hydrogens (tertiary/aromatic N) is 1. The van der Waals surface area contributed by atoms with Crippen molar-refractivity contribution in [1.82, 2.24) is 4.90 Å². The van der Waals surface area contributed by atoms with Gasteiger partial charge in [0.15, 0.2) is 6.71 Å². The molecule has 0 aliphatic carbocycles. The van der Waals surface area contributed by atoms with Crippen LogP contribution >= 0.6 is 0 Å². The largest absolute Gasteiger partial charge is 0.325 e. The van der Waals surface area contributed by atoms with Crippen LogP contribution in [-0.2, 0) is 0 Å². The minimum Gasteiger partial charge on any atom is -0.325 e. The van der Waals surface area contributed by atoms with E-state index < -0.39 is 0 Å². The Morgan fingerprint density at radius 3 is 1.40 bits per heavy atom. The molecular formula is C3H6BN. The zero-order valence-corrected chi connectivity index (χ0v) is 3.15. The first kappa shape index (κ1) is 2.24. The van der Waals surface area contributed by atoms with Gasteiger partial charge in [-0.2, -0.15) is 0 Å².